The monoisotopic (exact) mass is 540 g/mol. The van der Waals surface area contributed by atoms with Crippen LogP contribution in [0, 0.1) is 0 Å². The molecule has 0 saturated carbocycles. The Hall–Kier alpha value is -4.17. The van der Waals surface area contributed by atoms with Crippen molar-refractivity contribution in [3.63, 3.8) is 0 Å². The minimum Gasteiger partial charge on any atom is -0.543 e. The molecule has 0 bridgehead atoms. The summed E-state index contributed by atoms with van der Waals surface area (Å²) in [5.74, 6) is -2.34. The van der Waals surface area contributed by atoms with Crippen LogP contribution in [0.1, 0.15) is 5.69 Å². The van der Waals surface area contributed by atoms with E-state index < -0.39 is 29.2 Å². The largest absolute Gasteiger partial charge is 0.543 e. The second kappa shape index (κ2) is 9.71. The van der Waals surface area contributed by atoms with Crippen molar-refractivity contribution >= 4 is 62.6 Å². The molecule has 0 aliphatic carbocycles. The molecule has 190 valence electrons. The van der Waals surface area contributed by atoms with Crippen LogP contribution in [-0.2, 0) is 25.8 Å². The summed E-state index contributed by atoms with van der Waals surface area (Å²) < 4.78 is 1.84. The number of hydrogen-bond acceptors (Lipinski definition) is 11. The van der Waals surface area contributed by atoms with E-state index in [1.54, 1.807) is 30.5 Å². The van der Waals surface area contributed by atoms with E-state index in [0.717, 1.165) is 27.1 Å². The Bertz CT molecular complexity index is 1500. The van der Waals surface area contributed by atoms with Gasteiger partial charge in [0, 0.05) is 28.8 Å². The van der Waals surface area contributed by atoms with Gasteiger partial charge in [0.15, 0.2) is 23.6 Å². The molecular weight excluding hydrogens is 520 g/mol. The van der Waals surface area contributed by atoms with Gasteiger partial charge in [-0.25, -0.2) is 4.98 Å². The van der Waals surface area contributed by atoms with E-state index >= 15 is 0 Å². The minimum atomic E-state index is -1.48. The number of thioether (sulfide) groups is 1. The van der Waals surface area contributed by atoms with Crippen molar-refractivity contribution in [1.82, 2.24) is 15.2 Å². The Labute approximate surface area is 218 Å². The van der Waals surface area contributed by atoms with Gasteiger partial charge >= 0.3 is 0 Å². The van der Waals surface area contributed by atoms with Crippen molar-refractivity contribution < 1.29 is 34.0 Å². The van der Waals surface area contributed by atoms with Crippen molar-refractivity contribution in [2.45, 2.75) is 18.0 Å². The van der Waals surface area contributed by atoms with E-state index in [2.05, 4.69) is 15.5 Å². The number of nitrogen functional groups attached to an aromatic ring is 1. The summed E-state index contributed by atoms with van der Waals surface area (Å²) in [5, 5.41) is 30.2. The lowest BCUT2D eigenvalue weighted by Gasteiger charge is -2.50. The van der Waals surface area contributed by atoms with Gasteiger partial charge < -0.3 is 30.9 Å². The first kappa shape index (κ1) is 24.5. The highest BCUT2D eigenvalue weighted by Crippen LogP contribution is 2.40. The lowest BCUT2D eigenvalue weighted by Crippen LogP contribution is -2.71. The number of benzene rings is 1. The number of phenolic OH excluding ortho intramolecular Hbond substituents is 1. The molecule has 5 rings (SSSR count). The number of carbonyl (C=O) groups is 3. The Balaban J connectivity index is 1.39. The number of nitrogens with one attached hydrogen (secondary N) is 1. The van der Waals surface area contributed by atoms with E-state index in [9.17, 15) is 24.6 Å². The maximum Gasteiger partial charge on any atom is 0.276 e. The topological polar surface area (TPSA) is 174 Å². The number of aromatic nitrogens is 2. The molecule has 1 unspecified atom stereocenters. The molecule has 1 fully saturated rings. The molecule has 4 N–H and O–H groups in total. The van der Waals surface area contributed by atoms with Crippen LogP contribution in [-0.4, -0.2) is 62.8 Å². The van der Waals surface area contributed by atoms with E-state index in [1.807, 2.05) is 10.6 Å². The Kier molecular flexibility index (Phi) is 6.43. The van der Waals surface area contributed by atoms with Crippen molar-refractivity contribution in [1.29, 1.82) is 0 Å². The van der Waals surface area contributed by atoms with Gasteiger partial charge in [-0.1, -0.05) is 5.16 Å². The number of β-lactam (4-membered cyclic amide) rings is 1. The Morgan fingerprint density at radius 2 is 2.22 bits per heavy atom. The van der Waals surface area contributed by atoms with Crippen LogP contribution in [0.5, 0.6) is 5.75 Å². The number of rotatable bonds is 7. The third-order valence-corrected chi connectivity index (χ3v) is 7.93. The van der Waals surface area contributed by atoms with Gasteiger partial charge in [0.05, 0.1) is 17.1 Å². The molecule has 2 aliphatic heterocycles. The molecular formula is C23H20N6O6S2. The molecule has 2 aliphatic rings. The summed E-state index contributed by atoms with van der Waals surface area (Å²) in [5.41, 5.74) is 6.75. The molecule has 37 heavy (non-hydrogen) atoms. The number of fused-ring (bicyclic) bond motifs is 2. The fourth-order valence-corrected chi connectivity index (χ4v) is 6.19. The van der Waals surface area contributed by atoms with Gasteiger partial charge in [-0.15, -0.1) is 23.1 Å². The first-order valence-electron chi connectivity index (χ1n) is 10.9. The maximum absolute atomic E-state index is 13.0. The van der Waals surface area contributed by atoms with Crippen LogP contribution in [0.4, 0.5) is 5.13 Å². The number of anilines is 1. The highest BCUT2D eigenvalue weighted by Gasteiger charge is 2.53. The Morgan fingerprint density at radius 3 is 2.92 bits per heavy atom. The highest BCUT2D eigenvalue weighted by molar-refractivity contribution is 8.00. The van der Waals surface area contributed by atoms with Crippen molar-refractivity contribution in [3.8, 4) is 5.75 Å². The number of carboxylic acid groups (broad SMARTS) is 1. The quantitative estimate of drug-likeness (QED) is 0.152. The van der Waals surface area contributed by atoms with Gasteiger partial charge in [0.25, 0.3) is 11.8 Å². The summed E-state index contributed by atoms with van der Waals surface area (Å²) in [6, 6.07) is 7.54. The Morgan fingerprint density at radius 1 is 1.41 bits per heavy atom. The smallest absolute Gasteiger partial charge is 0.276 e. The van der Waals surface area contributed by atoms with Crippen LogP contribution < -0.4 is 20.7 Å². The van der Waals surface area contributed by atoms with Crippen molar-refractivity contribution in [2.75, 3.05) is 18.6 Å². The summed E-state index contributed by atoms with van der Waals surface area (Å²) in [6.07, 6.45) is 1.79. The predicted octanol–water partition coefficient (Wildman–Crippen LogP) is -0.674. The van der Waals surface area contributed by atoms with Gasteiger partial charge in [0.2, 0.25) is 5.52 Å². The van der Waals surface area contributed by atoms with Gasteiger partial charge in [-0.3, -0.25) is 14.5 Å². The zero-order valence-corrected chi connectivity index (χ0v) is 20.9. The highest BCUT2D eigenvalue weighted by atomic mass is 32.2. The van der Waals surface area contributed by atoms with Crippen LogP contribution in [0.25, 0.3) is 10.9 Å². The molecule has 2 atom stereocenters. The maximum atomic E-state index is 13.0. The normalized spacial score (nSPS) is 19.4. The second-order valence-electron chi connectivity index (χ2n) is 8.17. The number of nitrogens with zero attached hydrogens (tertiary/aromatic N) is 4. The third kappa shape index (κ3) is 4.44. The summed E-state index contributed by atoms with van der Waals surface area (Å²) in [7, 11) is 1.27. The first-order chi connectivity index (χ1) is 17.8. The molecule has 0 radical (unpaired) electrons. The molecule has 4 heterocycles. The average Bonchev–Trinajstić information content (AvgIpc) is 3.30. The van der Waals surface area contributed by atoms with Crippen LogP contribution in [0.15, 0.2) is 58.3 Å². The second-order valence-corrected chi connectivity index (χ2v) is 10.2. The van der Waals surface area contributed by atoms with Gasteiger partial charge in [-0.2, -0.15) is 4.57 Å². The lowest BCUT2D eigenvalue weighted by molar-refractivity contribution is -0.663. The predicted molar refractivity (Wildman–Crippen MR) is 133 cm³/mol. The number of hydrogen-bond donors (Lipinski definition) is 3. The zero-order chi connectivity index (χ0) is 26.3. The molecule has 2 aromatic heterocycles. The van der Waals surface area contributed by atoms with Crippen molar-refractivity contribution in [3.05, 3.63) is 58.9 Å². The van der Waals surface area contributed by atoms with Crippen LogP contribution >= 0.6 is 23.1 Å². The molecule has 14 heteroatoms. The SMILES string of the molecule is CON=C(C(=O)NC1C(=O)N2C(C(=O)[O-])=C(C[n+]3cccc4cc(O)ccc43)CS[C@@H]12)c1csc(N)n1. The fraction of sp³-hybridized carbons (Fsp3) is 0.217. The average molecular weight is 541 g/mol. The van der Waals surface area contributed by atoms with E-state index in [0.29, 0.717) is 11.3 Å². The summed E-state index contributed by atoms with van der Waals surface area (Å²) >= 11 is 2.45. The number of thiazole rings is 1. The minimum absolute atomic E-state index is 0.118. The number of phenols is 1. The van der Waals surface area contributed by atoms with Gasteiger partial charge in [-0.05, 0) is 18.2 Å². The number of nitrogens with two attached hydrogens (primary N) is 1. The number of carbonyl (C=O) groups excluding carboxylic acids is 3. The lowest BCUT2D eigenvalue weighted by atomic mass is 10.0. The van der Waals surface area contributed by atoms with Crippen LogP contribution in [0.2, 0.25) is 0 Å². The molecule has 1 aromatic carbocycles. The zero-order valence-electron chi connectivity index (χ0n) is 19.3. The molecule has 12 nitrogen and oxygen atoms in total. The standard InChI is InChI=1S/C23H20N6O6S2/c1-35-27-16(14-10-37-23(24)25-14)19(31)26-17-20(32)29-18(22(33)34)12(9-36-21(17)29)8-28-6-2-3-11-7-13(30)4-5-15(11)28/h2-7,10,17,21H,8-9H2,1H3,(H4-,24,25,26,30,31,33,34)/t17?,21-/m0/s1. The first-order valence-corrected chi connectivity index (χ1v) is 12.8. The fourth-order valence-electron chi connectivity index (χ4n) is 4.31. The van der Waals surface area contributed by atoms with Crippen LogP contribution in [0.3, 0.4) is 0 Å². The molecule has 0 spiro atoms. The number of aromatic hydroxyl groups is 1. The van der Waals surface area contributed by atoms with Crippen molar-refractivity contribution in [2.24, 2.45) is 5.16 Å². The summed E-state index contributed by atoms with van der Waals surface area (Å²) in [4.78, 5) is 48.0. The summed E-state index contributed by atoms with van der Waals surface area (Å²) in [6.45, 7) is 0.196. The number of amides is 2. The number of oxime groups is 1. The third-order valence-electron chi connectivity index (χ3n) is 5.91. The molecule has 2 amide bonds. The molecule has 3 aromatic rings. The number of aliphatic carboxylic acids is 1. The molecule has 1 saturated heterocycles. The number of pyridine rings is 1. The number of carboxylic acids is 1. The van der Waals surface area contributed by atoms with E-state index in [4.69, 9.17) is 10.6 Å². The van der Waals surface area contributed by atoms with E-state index in [1.165, 1.54) is 24.3 Å². The van der Waals surface area contributed by atoms with E-state index in [-0.39, 0.29) is 34.5 Å². The van der Waals surface area contributed by atoms with Gasteiger partial charge in [0.1, 0.15) is 30.0 Å².